The minimum Gasteiger partial charge on any atom is -0.486 e. The van der Waals surface area contributed by atoms with Crippen LogP contribution in [0.5, 0.6) is 11.5 Å². The first kappa shape index (κ1) is 23.3. The summed E-state index contributed by atoms with van der Waals surface area (Å²) in [5, 5.41) is 8.45. The number of aromatic nitrogens is 3. The van der Waals surface area contributed by atoms with E-state index >= 15 is 0 Å². The molecule has 3 heterocycles. The van der Waals surface area contributed by atoms with Crippen molar-refractivity contribution in [1.29, 1.82) is 0 Å². The molecular formula is C25H28N4O5. The number of hydrogen-bond donors (Lipinski definition) is 3. The summed E-state index contributed by atoms with van der Waals surface area (Å²) in [5.41, 5.74) is 10.4. The van der Waals surface area contributed by atoms with E-state index in [1.165, 1.54) is 0 Å². The largest absolute Gasteiger partial charge is 0.486 e. The van der Waals surface area contributed by atoms with Gasteiger partial charge in [0.05, 0.1) is 11.0 Å². The predicted molar refractivity (Wildman–Crippen MR) is 131 cm³/mol. The number of hydrogen-bond acceptors (Lipinski definition) is 6. The maximum absolute atomic E-state index is 13.1. The number of aliphatic carboxylic acids is 1. The lowest BCUT2D eigenvalue weighted by molar-refractivity contribution is -0.134. The fourth-order valence-corrected chi connectivity index (χ4v) is 4.29. The third-order valence-electron chi connectivity index (χ3n) is 5.59. The molecular weight excluding hydrogens is 436 g/mol. The normalized spacial score (nSPS) is 12.4. The summed E-state index contributed by atoms with van der Waals surface area (Å²) in [6.45, 7) is 5.62. The van der Waals surface area contributed by atoms with Gasteiger partial charge in [0, 0.05) is 47.8 Å². The molecule has 0 spiro atoms. The Balaban J connectivity index is 0.000000636. The van der Waals surface area contributed by atoms with Crippen molar-refractivity contribution in [3.05, 3.63) is 52.4 Å². The van der Waals surface area contributed by atoms with Gasteiger partial charge >= 0.3 is 0 Å². The fraction of sp³-hybridized carbons (Fsp3) is 0.320. The third kappa shape index (κ3) is 4.47. The van der Waals surface area contributed by atoms with Crippen molar-refractivity contribution in [3.8, 4) is 22.8 Å². The van der Waals surface area contributed by atoms with Gasteiger partial charge < -0.3 is 29.9 Å². The number of carbonyl (C=O) groups is 1. The van der Waals surface area contributed by atoms with E-state index in [2.05, 4.69) is 28.6 Å². The number of aryl methyl sites for hydroxylation is 1. The summed E-state index contributed by atoms with van der Waals surface area (Å²) < 4.78 is 13.6. The first-order valence-electron chi connectivity index (χ1n) is 11.3. The second kappa shape index (κ2) is 9.96. The van der Waals surface area contributed by atoms with Gasteiger partial charge in [-0.1, -0.05) is 25.1 Å². The molecule has 9 nitrogen and oxygen atoms in total. The standard InChI is InChI=1S/C23H24N4O3.C2H4O2/c1-2-17-21(14-6-3-4-7-18(14)27(17)9-5-8-24)22-23(28)26-16-13-20-19(12-15(16)25-22)29-10-11-30-20;1-2(3)4/h3-4,6-7,12-13H,2,5,8-11,24H2,1H3,(H,26,28);1H3,(H,3,4). The Hall–Kier alpha value is -3.85. The van der Waals surface area contributed by atoms with Gasteiger partial charge in [-0.25, -0.2) is 4.98 Å². The highest BCUT2D eigenvalue weighted by Gasteiger charge is 2.22. The van der Waals surface area contributed by atoms with Crippen molar-refractivity contribution in [2.24, 2.45) is 5.73 Å². The molecule has 1 aliphatic rings. The number of nitrogens with one attached hydrogen (secondary N) is 1. The van der Waals surface area contributed by atoms with E-state index in [4.69, 9.17) is 30.1 Å². The van der Waals surface area contributed by atoms with Gasteiger partial charge in [0.1, 0.15) is 18.9 Å². The molecule has 0 saturated carbocycles. The molecule has 0 fully saturated rings. The van der Waals surface area contributed by atoms with E-state index in [1.807, 2.05) is 18.2 Å². The van der Waals surface area contributed by atoms with E-state index in [0.717, 1.165) is 48.5 Å². The number of H-pyrrole nitrogens is 1. The number of para-hydroxylation sites is 1. The Bertz CT molecular complexity index is 1400. The van der Waals surface area contributed by atoms with Gasteiger partial charge in [-0.15, -0.1) is 0 Å². The van der Waals surface area contributed by atoms with Gasteiger partial charge in [0.2, 0.25) is 0 Å². The minimum atomic E-state index is -0.833. The highest BCUT2D eigenvalue weighted by atomic mass is 16.6. The second-order valence-corrected chi connectivity index (χ2v) is 7.93. The average Bonchev–Trinajstić information content (AvgIpc) is 3.14. The number of aromatic amines is 1. The highest BCUT2D eigenvalue weighted by molar-refractivity contribution is 5.98. The van der Waals surface area contributed by atoms with Crippen LogP contribution in [0.25, 0.3) is 33.2 Å². The van der Waals surface area contributed by atoms with Crippen molar-refractivity contribution in [2.45, 2.75) is 33.2 Å². The summed E-state index contributed by atoms with van der Waals surface area (Å²) in [5.74, 6) is 0.451. The molecule has 34 heavy (non-hydrogen) atoms. The Kier molecular flexibility index (Phi) is 6.83. The maximum Gasteiger partial charge on any atom is 0.300 e. The zero-order valence-corrected chi connectivity index (χ0v) is 19.3. The molecule has 5 rings (SSSR count). The number of carboxylic acid groups (broad SMARTS) is 1. The highest BCUT2D eigenvalue weighted by Crippen LogP contribution is 2.36. The number of fused-ring (bicyclic) bond motifs is 3. The van der Waals surface area contributed by atoms with Crippen molar-refractivity contribution in [2.75, 3.05) is 19.8 Å². The van der Waals surface area contributed by atoms with E-state index < -0.39 is 5.97 Å². The Labute approximate surface area is 196 Å². The smallest absolute Gasteiger partial charge is 0.300 e. The molecule has 0 radical (unpaired) electrons. The van der Waals surface area contributed by atoms with Crippen LogP contribution < -0.4 is 20.8 Å². The maximum atomic E-state index is 13.1. The monoisotopic (exact) mass is 464 g/mol. The van der Waals surface area contributed by atoms with E-state index in [-0.39, 0.29) is 5.56 Å². The van der Waals surface area contributed by atoms with Crippen LogP contribution in [0.3, 0.4) is 0 Å². The first-order chi connectivity index (χ1) is 16.4. The number of rotatable bonds is 5. The lowest BCUT2D eigenvalue weighted by Crippen LogP contribution is -2.17. The van der Waals surface area contributed by atoms with Gasteiger partial charge in [-0.3, -0.25) is 9.59 Å². The third-order valence-corrected chi connectivity index (χ3v) is 5.59. The van der Waals surface area contributed by atoms with Crippen molar-refractivity contribution in [3.63, 3.8) is 0 Å². The van der Waals surface area contributed by atoms with Gasteiger partial charge in [0.25, 0.3) is 11.5 Å². The van der Waals surface area contributed by atoms with Crippen molar-refractivity contribution >= 4 is 27.9 Å². The molecule has 0 unspecified atom stereocenters. The van der Waals surface area contributed by atoms with Crippen molar-refractivity contribution in [1.82, 2.24) is 14.5 Å². The fourth-order valence-electron chi connectivity index (χ4n) is 4.29. The average molecular weight is 465 g/mol. The molecule has 0 bridgehead atoms. The molecule has 4 aromatic rings. The molecule has 1 aliphatic heterocycles. The number of nitrogens with zero attached hydrogens (tertiary/aromatic N) is 2. The van der Waals surface area contributed by atoms with Crippen LogP contribution in [0.1, 0.15) is 26.0 Å². The Morgan fingerprint density at radius 2 is 1.88 bits per heavy atom. The summed E-state index contributed by atoms with van der Waals surface area (Å²) in [4.78, 5) is 29.9. The zero-order chi connectivity index (χ0) is 24.2. The number of ether oxygens (including phenoxy) is 2. The molecule has 2 aromatic carbocycles. The molecule has 4 N–H and O–H groups in total. The van der Waals surface area contributed by atoms with Crippen molar-refractivity contribution < 1.29 is 19.4 Å². The van der Waals surface area contributed by atoms with Crippen LogP contribution in [0, 0.1) is 0 Å². The van der Waals surface area contributed by atoms with Crippen LogP contribution in [0.15, 0.2) is 41.2 Å². The van der Waals surface area contributed by atoms with Crippen LogP contribution in [0.4, 0.5) is 0 Å². The minimum absolute atomic E-state index is 0.212. The quantitative estimate of drug-likeness (QED) is 0.413. The van der Waals surface area contributed by atoms with Gasteiger partial charge in [-0.05, 0) is 25.5 Å². The lowest BCUT2D eigenvalue weighted by atomic mass is 10.1. The summed E-state index contributed by atoms with van der Waals surface area (Å²) in [6.07, 6.45) is 1.66. The van der Waals surface area contributed by atoms with Crippen LogP contribution >= 0.6 is 0 Å². The number of nitrogens with two attached hydrogens (primary N) is 1. The first-order valence-corrected chi connectivity index (χ1v) is 11.3. The molecule has 0 amide bonds. The molecule has 0 saturated heterocycles. The molecule has 178 valence electrons. The van der Waals surface area contributed by atoms with Crippen LogP contribution in [0.2, 0.25) is 0 Å². The number of benzene rings is 2. The van der Waals surface area contributed by atoms with E-state index in [0.29, 0.717) is 48.0 Å². The lowest BCUT2D eigenvalue weighted by Gasteiger charge is -2.18. The molecule has 2 aromatic heterocycles. The summed E-state index contributed by atoms with van der Waals surface area (Å²) >= 11 is 0. The summed E-state index contributed by atoms with van der Waals surface area (Å²) in [6, 6.07) is 11.8. The molecule has 0 aliphatic carbocycles. The predicted octanol–water partition coefficient (Wildman–Crippen LogP) is 3.32. The number of carboxylic acids is 1. The van der Waals surface area contributed by atoms with Gasteiger partial charge in [-0.2, -0.15) is 0 Å². The topological polar surface area (TPSA) is 132 Å². The van der Waals surface area contributed by atoms with Gasteiger partial charge in [0.15, 0.2) is 11.5 Å². The van der Waals surface area contributed by atoms with Crippen LogP contribution in [-0.4, -0.2) is 45.4 Å². The van der Waals surface area contributed by atoms with E-state index in [9.17, 15) is 4.79 Å². The summed E-state index contributed by atoms with van der Waals surface area (Å²) in [7, 11) is 0. The Morgan fingerprint density at radius 3 is 2.56 bits per heavy atom. The second-order valence-electron chi connectivity index (χ2n) is 7.93. The Morgan fingerprint density at radius 1 is 1.21 bits per heavy atom. The van der Waals surface area contributed by atoms with Crippen LogP contribution in [-0.2, 0) is 17.8 Å². The zero-order valence-electron chi connectivity index (χ0n) is 19.3. The molecule has 9 heteroatoms. The molecule has 0 atom stereocenters. The SMILES string of the molecule is CC(=O)O.CCc1c(-c2nc3cc4c(cc3[nH]c2=O)OCCO4)c2ccccc2n1CCCN. The van der Waals surface area contributed by atoms with E-state index in [1.54, 1.807) is 6.07 Å².